The van der Waals surface area contributed by atoms with Gasteiger partial charge in [-0.15, -0.1) is 0 Å². The SMILES string of the molecule is COCCN(CCO)C(=O)C(C)c1ccccc1. The van der Waals surface area contributed by atoms with Crippen molar-refractivity contribution in [3.63, 3.8) is 0 Å². The molecule has 0 bridgehead atoms. The first kappa shape index (κ1) is 14.7. The Balaban J connectivity index is 2.69. The number of aliphatic hydroxyl groups excluding tert-OH is 1. The molecule has 100 valence electrons. The normalized spacial score (nSPS) is 12.2. The van der Waals surface area contributed by atoms with Gasteiger partial charge in [-0.2, -0.15) is 0 Å². The van der Waals surface area contributed by atoms with Crippen LogP contribution in [0.4, 0.5) is 0 Å². The number of nitrogens with zero attached hydrogens (tertiary/aromatic N) is 1. The molecule has 0 aliphatic rings. The predicted molar refractivity (Wildman–Crippen MR) is 70.4 cm³/mol. The lowest BCUT2D eigenvalue weighted by atomic mass is 10.00. The maximum Gasteiger partial charge on any atom is 0.229 e. The highest BCUT2D eigenvalue weighted by Crippen LogP contribution is 2.17. The molecule has 1 unspecified atom stereocenters. The first-order valence-corrected chi connectivity index (χ1v) is 6.14. The summed E-state index contributed by atoms with van der Waals surface area (Å²) in [5.41, 5.74) is 0.989. The van der Waals surface area contributed by atoms with Crippen LogP contribution < -0.4 is 0 Å². The molecule has 0 aromatic heterocycles. The van der Waals surface area contributed by atoms with Gasteiger partial charge in [0.1, 0.15) is 0 Å². The minimum Gasteiger partial charge on any atom is -0.395 e. The van der Waals surface area contributed by atoms with Crippen LogP contribution in [-0.2, 0) is 9.53 Å². The second-order valence-corrected chi connectivity index (χ2v) is 4.17. The van der Waals surface area contributed by atoms with Crippen molar-refractivity contribution in [2.45, 2.75) is 12.8 Å². The van der Waals surface area contributed by atoms with Gasteiger partial charge in [-0.05, 0) is 12.5 Å². The Morgan fingerprint density at radius 2 is 2.00 bits per heavy atom. The number of hydrogen-bond donors (Lipinski definition) is 1. The molecular formula is C14H21NO3. The van der Waals surface area contributed by atoms with Crippen LogP contribution in [0, 0.1) is 0 Å². The third kappa shape index (κ3) is 4.13. The first-order valence-electron chi connectivity index (χ1n) is 6.14. The Morgan fingerprint density at radius 1 is 1.33 bits per heavy atom. The van der Waals surface area contributed by atoms with E-state index in [0.717, 1.165) is 5.56 Å². The Labute approximate surface area is 108 Å². The van der Waals surface area contributed by atoms with Crippen molar-refractivity contribution in [3.8, 4) is 0 Å². The Kier molecular flexibility index (Phi) is 6.39. The summed E-state index contributed by atoms with van der Waals surface area (Å²) in [5, 5.41) is 9.00. The minimum absolute atomic E-state index is 0.0206. The summed E-state index contributed by atoms with van der Waals surface area (Å²) in [6.07, 6.45) is 0. The number of carbonyl (C=O) groups excluding carboxylic acids is 1. The number of ether oxygens (including phenoxy) is 1. The fourth-order valence-electron chi connectivity index (χ4n) is 1.81. The molecule has 0 aliphatic carbocycles. The molecule has 4 nitrogen and oxygen atoms in total. The Bertz CT molecular complexity index is 353. The number of amides is 1. The van der Waals surface area contributed by atoms with E-state index in [-0.39, 0.29) is 18.4 Å². The van der Waals surface area contributed by atoms with Crippen LogP contribution in [-0.4, -0.2) is 49.3 Å². The summed E-state index contributed by atoms with van der Waals surface area (Å²) in [4.78, 5) is 13.9. The lowest BCUT2D eigenvalue weighted by molar-refractivity contribution is -0.133. The molecule has 18 heavy (non-hydrogen) atoms. The highest BCUT2D eigenvalue weighted by atomic mass is 16.5. The molecule has 4 heteroatoms. The van der Waals surface area contributed by atoms with E-state index in [9.17, 15) is 4.79 Å². The summed E-state index contributed by atoms with van der Waals surface area (Å²) in [6, 6.07) is 9.65. The lowest BCUT2D eigenvalue weighted by Crippen LogP contribution is -2.38. The van der Waals surface area contributed by atoms with Crippen LogP contribution in [0.1, 0.15) is 18.4 Å². The molecule has 1 atom stereocenters. The molecular weight excluding hydrogens is 230 g/mol. The number of aliphatic hydroxyl groups is 1. The van der Waals surface area contributed by atoms with Crippen LogP contribution >= 0.6 is 0 Å². The third-order valence-electron chi connectivity index (χ3n) is 2.92. The van der Waals surface area contributed by atoms with E-state index in [0.29, 0.717) is 19.7 Å². The second kappa shape index (κ2) is 7.84. The second-order valence-electron chi connectivity index (χ2n) is 4.17. The van der Waals surface area contributed by atoms with Gasteiger partial charge in [-0.1, -0.05) is 30.3 Å². The molecule has 0 saturated heterocycles. The molecule has 1 amide bonds. The minimum atomic E-state index is -0.199. The maximum atomic E-state index is 12.3. The smallest absolute Gasteiger partial charge is 0.229 e. The molecule has 1 aromatic carbocycles. The molecule has 1 rings (SSSR count). The van der Waals surface area contributed by atoms with Crippen molar-refractivity contribution in [3.05, 3.63) is 35.9 Å². The monoisotopic (exact) mass is 251 g/mol. The van der Waals surface area contributed by atoms with Gasteiger partial charge in [0.05, 0.1) is 19.1 Å². The summed E-state index contributed by atoms with van der Waals surface area (Å²) in [6.45, 7) is 3.19. The molecule has 0 saturated carbocycles. The average Bonchev–Trinajstić information content (AvgIpc) is 2.43. The summed E-state index contributed by atoms with van der Waals surface area (Å²) < 4.78 is 4.98. The van der Waals surface area contributed by atoms with Gasteiger partial charge in [-0.25, -0.2) is 0 Å². The van der Waals surface area contributed by atoms with Crippen molar-refractivity contribution in [2.24, 2.45) is 0 Å². The van der Waals surface area contributed by atoms with E-state index in [2.05, 4.69) is 0 Å². The standard InChI is InChI=1S/C14H21NO3/c1-12(13-6-4-3-5-7-13)14(17)15(8-10-16)9-11-18-2/h3-7,12,16H,8-11H2,1-2H3. The molecule has 0 heterocycles. The molecule has 0 spiro atoms. The highest BCUT2D eigenvalue weighted by Gasteiger charge is 2.21. The first-order chi connectivity index (χ1) is 8.70. The van der Waals surface area contributed by atoms with Crippen molar-refractivity contribution in [1.82, 2.24) is 4.90 Å². The number of benzene rings is 1. The van der Waals surface area contributed by atoms with Gasteiger partial charge in [0, 0.05) is 20.2 Å². The Hall–Kier alpha value is -1.39. The van der Waals surface area contributed by atoms with E-state index in [1.54, 1.807) is 12.0 Å². The summed E-state index contributed by atoms with van der Waals surface area (Å²) in [7, 11) is 1.60. The molecule has 0 aliphatic heterocycles. The van der Waals surface area contributed by atoms with Crippen LogP contribution in [0.5, 0.6) is 0 Å². The number of hydrogen-bond acceptors (Lipinski definition) is 3. The fraction of sp³-hybridized carbons (Fsp3) is 0.500. The van der Waals surface area contributed by atoms with Crippen LogP contribution in [0.15, 0.2) is 30.3 Å². The zero-order valence-electron chi connectivity index (χ0n) is 11.0. The van der Waals surface area contributed by atoms with E-state index in [1.807, 2.05) is 37.3 Å². The van der Waals surface area contributed by atoms with Gasteiger partial charge in [0.25, 0.3) is 0 Å². The topological polar surface area (TPSA) is 49.8 Å². The molecule has 0 radical (unpaired) electrons. The van der Waals surface area contributed by atoms with Crippen molar-refractivity contribution in [1.29, 1.82) is 0 Å². The van der Waals surface area contributed by atoms with E-state index >= 15 is 0 Å². The van der Waals surface area contributed by atoms with E-state index in [1.165, 1.54) is 0 Å². The largest absolute Gasteiger partial charge is 0.395 e. The van der Waals surface area contributed by atoms with Gasteiger partial charge >= 0.3 is 0 Å². The molecule has 1 N–H and O–H groups in total. The van der Waals surface area contributed by atoms with E-state index in [4.69, 9.17) is 9.84 Å². The quantitative estimate of drug-likeness (QED) is 0.793. The zero-order chi connectivity index (χ0) is 13.4. The van der Waals surface area contributed by atoms with Gasteiger partial charge < -0.3 is 14.7 Å². The molecule has 1 aromatic rings. The Morgan fingerprint density at radius 3 is 2.56 bits per heavy atom. The summed E-state index contributed by atoms with van der Waals surface area (Å²) >= 11 is 0. The molecule has 0 fully saturated rings. The summed E-state index contributed by atoms with van der Waals surface area (Å²) in [5.74, 6) is -0.179. The third-order valence-corrected chi connectivity index (χ3v) is 2.92. The fourth-order valence-corrected chi connectivity index (χ4v) is 1.81. The van der Waals surface area contributed by atoms with Crippen molar-refractivity contribution >= 4 is 5.91 Å². The van der Waals surface area contributed by atoms with Gasteiger partial charge in [0.2, 0.25) is 5.91 Å². The lowest BCUT2D eigenvalue weighted by Gasteiger charge is -2.25. The van der Waals surface area contributed by atoms with Gasteiger partial charge in [0.15, 0.2) is 0 Å². The van der Waals surface area contributed by atoms with Gasteiger partial charge in [-0.3, -0.25) is 4.79 Å². The van der Waals surface area contributed by atoms with Crippen molar-refractivity contribution < 1.29 is 14.6 Å². The number of rotatable bonds is 7. The average molecular weight is 251 g/mol. The van der Waals surface area contributed by atoms with E-state index < -0.39 is 0 Å². The maximum absolute atomic E-state index is 12.3. The zero-order valence-corrected chi connectivity index (χ0v) is 11.0. The highest BCUT2D eigenvalue weighted by molar-refractivity contribution is 5.83. The van der Waals surface area contributed by atoms with Crippen molar-refractivity contribution in [2.75, 3.05) is 33.4 Å². The van der Waals surface area contributed by atoms with Crippen LogP contribution in [0.25, 0.3) is 0 Å². The predicted octanol–water partition coefficient (Wildman–Crippen LogP) is 1.26. The number of carbonyl (C=O) groups is 1. The number of methoxy groups -OCH3 is 1. The van der Waals surface area contributed by atoms with Crippen LogP contribution in [0.2, 0.25) is 0 Å². The van der Waals surface area contributed by atoms with Crippen LogP contribution in [0.3, 0.4) is 0 Å².